The smallest absolute Gasteiger partial charge is 0.456 e. The van der Waals surface area contributed by atoms with E-state index in [9.17, 15) is 19.0 Å². The number of carbonyl (C=O) groups is 2. The fourth-order valence-corrected chi connectivity index (χ4v) is 8.07. The zero-order chi connectivity index (χ0) is 47.3. The number of nitrogens with zero attached hydrogens (tertiary/aromatic N) is 1. The SMILES string of the molecule is CCCCCCCC/C=C\C/C=C/CCC(=O)OC(/C=C/CCCCCCCCCCCC)C(COP(=O)(O)OCC[N+](C)(C)C)NC(=O)CCCCC/C=C\CCCCCCCC. The van der Waals surface area contributed by atoms with Gasteiger partial charge in [0, 0.05) is 12.8 Å². The number of quaternary nitrogens is 1. The van der Waals surface area contributed by atoms with Gasteiger partial charge in [0.05, 0.1) is 33.8 Å². The fraction of sp³-hybridized carbons (Fsp3) is 0.815. The van der Waals surface area contributed by atoms with Gasteiger partial charge in [-0.1, -0.05) is 192 Å². The zero-order valence-electron chi connectivity index (χ0n) is 42.5. The molecular weight excluding hydrogens is 820 g/mol. The number of hydrogen-bond donors (Lipinski definition) is 2. The van der Waals surface area contributed by atoms with E-state index in [1.165, 1.54) is 128 Å². The van der Waals surface area contributed by atoms with E-state index >= 15 is 0 Å². The van der Waals surface area contributed by atoms with Gasteiger partial charge in [-0.3, -0.25) is 18.6 Å². The van der Waals surface area contributed by atoms with E-state index < -0.39 is 25.9 Å². The number of phosphoric ester groups is 1. The third-order valence-electron chi connectivity index (χ3n) is 11.5. The number of carbonyl (C=O) groups excluding carboxylic acids is 2. The second-order valence-corrected chi connectivity index (χ2v) is 20.5. The van der Waals surface area contributed by atoms with E-state index in [4.69, 9.17) is 13.8 Å². The lowest BCUT2D eigenvalue weighted by Gasteiger charge is -2.27. The maximum Gasteiger partial charge on any atom is 0.472 e. The van der Waals surface area contributed by atoms with E-state index in [0.29, 0.717) is 23.9 Å². The monoisotopic (exact) mass is 922 g/mol. The molecule has 1 amide bonds. The predicted molar refractivity (Wildman–Crippen MR) is 272 cm³/mol. The summed E-state index contributed by atoms with van der Waals surface area (Å²) in [5, 5.41) is 3.01. The number of rotatable bonds is 47. The normalized spacial score (nSPS) is 14.3. The summed E-state index contributed by atoms with van der Waals surface area (Å²) >= 11 is 0. The molecule has 0 aliphatic rings. The van der Waals surface area contributed by atoms with Crippen LogP contribution in [-0.4, -0.2) is 74.3 Å². The number of hydrogen-bond acceptors (Lipinski definition) is 6. The van der Waals surface area contributed by atoms with Crippen molar-refractivity contribution in [2.45, 2.75) is 245 Å². The minimum absolute atomic E-state index is 0.0299. The van der Waals surface area contributed by atoms with Crippen LogP contribution in [0, 0.1) is 0 Å². The molecule has 0 aromatic carbocycles. The molecule has 0 heterocycles. The Kier molecular flexibility index (Phi) is 43.4. The summed E-state index contributed by atoms with van der Waals surface area (Å²) < 4.78 is 30.4. The Bertz CT molecular complexity index is 1240. The molecule has 0 aliphatic carbocycles. The van der Waals surface area contributed by atoms with E-state index in [0.717, 1.165) is 64.2 Å². The van der Waals surface area contributed by atoms with Crippen LogP contribution in [0.3, 0.4) is 0 Å². The lowest BCUT2D eigenvalue weighted by atomic mass is 10.1. The summed E-state index contributed by atoms with van der Waals surface area (Å²) in [6.45, 7) is 6.93. The van der Waals surface area contributed by atoms with Crippen LogP contribution in [0.4, 0.5) is 0 Å². The summed E-state index contributed by atoms with van der Waals surface area (Å²) in [6, 6.07) is -0.875. The molecule has 10 heteroatoms. The van der Waals surface area contributed by atoms with E-state index in [1.807, 2.05) is 39.4 Å². The van der Waals surface area contributed by atoms with Crippen molar-refractivity contribution in [3.05, 3.63) is 48.6 Å². The van der Waals surface area contributed by atoms with Crippen molar-refractivity contribution in [2.24, 2.45) is 0 Å². The summed E-state index contributed by atoms with van der Waals surface area (Å²) in [4.78, 5) is 37.3. The van der Waals surface area contributed by atoms with Crippen LogP contribution in [0.25, 0.3) is 0 Å². The van der Waals surface area contributed by atoms with Crippen molar-refractivity contribution >= 4 is 19.7 Å². The topological polar surface area (TPSA) is 111 Å². The number of esters is 1. The Morgan fingerprint density at radius 3 is 1.45 bits per heavy atom. The molecule has 0 fully saturated rings. The molecule has 3 unspecified atom stereocenters. The van der Waals surface area contributed by atoms with Crippen LogP contribution >= 0.6 is 7.82 Å². The number of allylic oxidation sites excluding steroid dienone is 7. The number of phosphoric acid groups is 1. The third-order valence-corrected chi connectivity index (χ3v) is 12.5. The highest BCUT2D eigenvalue weighted by atomic mass is 31.2. The van der Waals surface area contributed by atoms with Crippen molar-refractivity contribution in [2.75, 3.05) is 40.9 Å². The van der Waals surface area contributed by atoms with Crippen molar-refractivity contribution in [1.82, 2.24) is 5.32 Å². The molecule has 0 saturated heterocycles. The van der Waals surface area contributed by atoms with Gasteiger partial charge in [0.2, 0.25) is 5.91 Å². The summed E-state index contributed by atoms with van der Waals surface area (Å²) in [5.41, 5.74) is 0. The van der Waals surface area contributed by atoms with Crippen LogP contribution in [0.5, 0.6) is 0 Å². The van der Waals surface area contributed by atoms with Gasteiger partial charge in [-0.15, -0.1) is 0 Å². The molecule has 2 N–H and O–H groups in total. The quantitative estimate of drug-likeness (QED) is 0.0206. The van der Waals surface area contributed by atoms with Crippen molar-refractivity contribution in [3.8, 4) is 0 Å². The van der Waals surface area contributed by atoms with E-state index in [-0.39, 0.29) is 25.5 Å². The molecule has 64 heavy (non-hydrogen) atoms. The maximum absolute atomic E-state index is 13.4. The molecule has 0 aromatic heterocycles. The number of nitrogens with one attached hydrogen (secondary N) is 1. The molecule has 0 rings (SSSR count). The highest BCUT2D eigenvalue weighted by Crippen LogP contribution is 2.43. The highest BCUT2D eigenvalue weighted by molar-refractivity contribution is 7.47. The van der Waals surface area contributed by atoms with Gasteiger partial charge in [0.25, 0.3) is 0 Å². The van der Waals surface area contributed by atoms with Crippen LogP contribution < -0.4 is 5.32 Å². The van der Waals surface area contributed by atoms with Gasteiger partial charge in [-0.05, 0) is 76.7 Å². The van der Waals surface area contributed by atoms with Crippen molar-refractivity contribution < 1.29 is 37.3 Å². The number of likely N-dealkylation sites (N-methyl/N-ethyl adjacent to an activating group) is 1. The molecule has 0 bridgehead atoms. The van der Waals surface area contributed by atoms with Crippen LogP contribution in [0.1, 0.15) is 233 Å². The molecular formula is C54H102N2O7P+. The standard InChI is InChI=1S/C54H101N2O7P/c1-7-10-13-16-19-22-25-28-31-34-37-40-43-46-53(57)55-51(50-62-64(59,60)61-49-48-56(4,5)6)52(45-42-39-36-33-30-27-24-21-18-15-12-9-3)63-54(58)47-44-41-38-35-32-29-26-23-20-17-14-11-8-2/h28-29,31-32,38,41-42,45,51-52H,7-27,30,33-37,39-40,43-44,46-50H2,1-6H3,(H-,55,57,59,60)/p+1/b31-28-,32-29-,41-38+,45-42+. The highest BCUT2D eigenvalue weighted by Gasteiger charge is 2.30. The second kappa shape index (κ2) is 44.8. The number of ether oxygens (including phenoxy) is 1. The van der Waals surface area contributed by atoms with Gasteiger partial charge < -0.3 is 19.4 Å². The molecule has 374 valence electrons. The van der Waals surface area contributed by atoms with Gasteiger partial charge in [-0.25, -0.2) is 4.57 Å². The molecule has 0 radical (unpaired) electrons. The van der Waals surface area contributed by atoms with Crippen molar-refractivity contribution in [3.63, 3.8) is 0 Å². The largest absolute Gasteiger partial charge is 0.472 e. The minimum Gasteiger partial charge on any atom is -0.456 e. The Balaban J connectivity index is 5.53. The first kappa shape index (κ1) is 62.0. The van der Waals surface area contributed by atoms with Crippen LogP contribution in [-0.2, 0) is 27.9 Å². The van der Waals surface area contributed by atoms with Gasteiger partial charge >= 0.3 is 13.8 Å². The van der Waals surface area contributed by atoms with Gasteiger partial charge in [0.1, 0.15) is 19.3 Å². The second-order valence-electron chi connectivity index (χ2n) is 19.0. The van der Waals surface area contributed by atoms with Gasteiger partial charge in [0.15, 0.2) is 0 Å². The third kappa shape index (κ3) is 45.1. The maximum atomic E-state index is 13.4. The summed E-state index contributed by atoms with van der Waals surface area (Å²) in [5.74, 6) is -0.602. The molecule has 0 aliphatic heterocycles. The lowest BCUT2D eigenvalue weighted by molar-refractivity contribution is -0.870. The minimum atomic E-state index is -4.45. The average molecular weight is 922 g/mol. The van der Waals surface area contributed by atoms with E-state index in [1.54, 1.807) is 0 Å². The first-order valence-electron chi connectivity index (χ1n) is 26.5. The average Bonchev–Trinajstić information content (AvgIpc) is 3.25. The molecule has 0 aromatic rings. The number of amides is 1. The molecule has 0 saturated carbocycles. The van der Waals surface area contributed by atoms with Crippen LogP contribution in [0.2, 0.25) is 0 Å². The molecule has 3 atom stereocenters. The van der Waals surface area contributed by atoms with E-state index in [2.05, 4.69) is 56.5 Å². The van der Waals surface area contributed by atoms with Crippen LogP contribution in [0.15, 0.2) is 48.6 Å². The first-order chi connectivity index (χ1) is 30.9. The molecule has 0 spiro atoms. The Morgan fingerprint density at radius 1 is 0.547 bits per heavy atom. The summed E-state index contributed by atoms with van der Waals surface area (Å²) in [7, 11) is 1.46. The molecule has 9 nitrogen and oxygen atoms in total. The van der Waals surface area contributed by atoms with Gasteiger partial charge in [-0.2, -0.15) is 0 Å². The Hall–Kier alpha value is -2.03. The lowest BCUT2D eigenvalue weighted by Crippen LogP contribution is -2.47. The number of unbranched alkanes of at least 4 members (excludes halogenated alkanes) is 25. The Morgan fingerprint density at radius 2 is 0.969 bits per heavy atom. The fourth-order valence-electron chi connectivity index (χ4n) is 7.34. The van der Waals surface area contributed by atoms with Crippen molar-refractivity contribution in [1.29, 1.82) is 0 Å². The summed E-state index contributed by atoms with van der Waals surface area (Å²) in [6.07, 6.45) is 52.6. The first-order valence-corrected chi connectivity index (χ1v) is 28.0. The predicted octanol–water partition coefficient (Wildman–Crippen LogP) is 15.4. The zero-order valence-corrected chi connectivity index (χ0v) is 43.4. The Labute approximate surface area is 395 Å².